The average molecular weight is 226 g/mol. The van der Waals surface area contributed by atoms with Crippen LogP contribution in [0.5, 0.6) is 0 Å². The van der Waals surface area contributed by atoms with Gasteiger partial charge in [-0.3, -0.25) is 0 Å². The van der Waals surface area contributed by atoms with Gasteiger partial charge in [-0.05, 0) is 57.4 Å². The van der Waals surface area contributed by atoms with E-state index in [1.165, 1.54) is 25.7 Å². The molecule has 0 aliphatic heterocycles. The van der Waals surface area contributed by atoms with Gasteiger partial charge >= 0.3 is 0 Å². The Morgan fingerprint density at radius 2 is 2.06 bits per heavy atom. The van der Waals surface area contributed by atoms with Crippen molar-refractivity contribution in [2.75, 3.05) is 26.3 Å². The van der Waals surface area contributed by atoms with Crippen molar-refractivity contribution >= 4 is 0 Å². The van der Waals surface area contributed by atoms with Gasteiger partial charge < -0.3 is 15.8 Å². The Kier molecular flexibility index (Phi) is 4.22. The molecule has 3 nitrogen and oxygen atoms in total. The molecular formula is C13H26N2O. The molecule has 1 atom stereocenters. The van der Waals surface area contributed by atoms with E-state index in [9.17, 15) is 0 Å². The van der Waals surface area contributed by atoms with Gasteiger partial charge in [0, 0.05) is 25.3 Å². The highest BCUT2D eigenvalue weighted by molar-refractivity contribution is 4.96. The zero-order chi connectivity index (χ0) is 11.4. The fraction of sp³-hybridized carbons (Fsp3) is 1.00. The molecule has 2 rings (SSSR count). The molecule has 2 fully saturated rings. The molecule has 2 aliphatic rings. The SMILES string of the molecule is CC(N)(CNCCCOCC1CC1)C1CC1. The molecule has 0 aromatic heterocycles. The van der Waals surface area contributed by atoms with E-state index >= 15 is 0 Å². The number of rotatable bonds is 9. The van der Waals surface area contributed by atoms with Gasteiger partial charge in [-0.15, -0.1) is 0 Å². The van der Waals surface area contributed by atoms with Crippen molar-refractivity contribution in [3.05, 3.63) is 0 Å². The lowest BCUT2D eigenvalue weighted by molar-refractivity contribution is 0.121. The lowest BCUT2D eigenvalue weighted by Gasteiger charge is -2.24. The highest BCUT2D eigenvalue weighted by atomic mass is 16.5. The molecule has 0 bridgehead atoms. The molecular weight excluding hydrogens is 200 g/mol. The van der Waals surface area contributed by atoms with Crippen LogP contribution in [-0.2, 0) is 4.74 Å². The van der Waals surface area contributed by atoms with Gasteiger partial charge in [-0.1, -0.05) is 0 Å². The number of ether oxygens (including phenoxy) is 1. The molecule has 2 aliphatic carbocycles. The van der Waals surface area contributed by atoms with Crippen molar-refractivity contribution < 1.29 is 4.74 Å². The van der Waals surface area contributed by atoms with Crippen LogP contribution in [0.25, 0.3) is 0 Å². The molecule has 16 heavy (non-hydrogen) atoms. The molecule has 94 valence electrons. The summed E-state index contributed by atoms with van der Waals surface area (Å²) in [6.45, 7) is 6.02. The maximum absolute atomic E-state index is 6.22. The van der Waals surface area contributed by atoms with Gasteiger partial charge in [0.15, 0.2) is 0 Å². The smallest absolute Gasteiger partial charge is 0.0494 e. The normalized spacial score (nSPS) is 24.4. The van der Waals surface area contributed by atoms with Gasteiger partial charge in [-0.2, -0.15) is 0 Å². The van der Waals surface area contributed by atoms with Crippen molar-refractivity contribution in [3.8, 4) is 0 Å². The summed E-state index contributed by atoms with van der Waals surface area (Å²) >= 11 is 0. The second-order valence-electron chi connectivity index (χ2n) is 5.83. The molecule has 0 radical (unpaired) electrons. The molecule has 2 saturated carbocycles. The van der Waals surface area contributed by atoms with Crippen molar-refractivity contribution in [2.24, 2.45) is 17.6 Å². The summed E-state index contributed by atoms with van der Waals surface area (Å²) in [5.41, 5.74) is 6.23. The molecule has 3 heteroatoms. The van der Waals surface area contributed by atoms with Crippen molar-refractivity contribution in [2.45, 2.75) is 44.6 Å². The van der Waals surface area contributed by atoms with E-state index in [4.69, 9.17) is 10.5 Å². The first-order valence-corrected chi connectivity index (χ1v) is 6.76. The van der Waals surface area contributed by atoms with Crippen LogP contribution in [0, 0.1) is 11.8 Å². The molecule has 3 N–H and O–H groups in total. The lowest BCUT2D eigenvalue weighted by atomic mass is 9.97. The second-order valence-corrected chi connectivity index (χ2v) is 5.83. The summed E-state index contributed by atoms with van der Waals surface area (Å²) in [6.07, 6.45) is 6.50. The third-order valence-electron chi connectivity index (χ3n) is 3.71. The van der Waals surface area contributed by atoms with Gasteiger partial charge in [0.25, 0.3) is 0 Å². The highest BCUT2D eigenvalue weighted by Crippen LogP contribution is 2.37. The Balaban J connectivity index is 1.39. The topological polar surface area (TPSA) is 47.3 Å². The van der Waals surface area contributed by atoms with E-state index in [0.29, 0.717) is 0 Å². The Morgan fingerprint density at radius 1 is 1.31 bits per heavy atom. The fourth-order valence-electron chi connectivity index (χ4n) is 2.08. The molecule has 0 aromatic carbocycles. The standard InChI is InChI=1S/C13H26N2O/c1-13(14,12-5-6-12)10-15-7-2-8-16-9-11-3-4-11/h11-12,15H,2-10,14H2,1H3. The van der Waals surface area contributed by atoms with E-state index < -0.39 is 0 Å². The van der Waals surface area contributed by atoms with Crippen LogP contribution in [0.3, 0.4) is 0 Å². The van der Waals surface area contributed by atoms with Crippen molar-refractivity contribution in [3.63, 3.8) is 0 Å². The van der Waals surface area contributed by atoms with E-state index in [1.807, 2.05) is 0 Å². The first kappa shape index (κ1) is 12.3. The monoisotopic (exact) mass is 226 g/mol. The summed E-state index contributed by atoms with van der Waals surface area (Å²) in [5.74, 6) is 1.64. The van der Waals surface area contributed by atoms with Crippen molar-refractivity contribution in [1.82, 2.24) is 5.32 Å². The molecule has 1 unspecified atom stereocenters. The van der Waals surface area contributed by atoms with Gasteiger partial charge in [0.2, 0.25) is 0 Å². The van der Waals surface area contributed by atoms with Gasteiger partial charge in [0.05, 0.1) is 0 Å². The van der Waals surface area contributed by atoms with Crippen LogP contribution in [0.1, 0.15) is 39.0 Å². The third-order valence-corrected chi connectivity index (χ3v) is 3.71. The summed E-state index contributed by atoms with van der Waals surface area (Å²) < 4.78 is 5.58. The van der Waals surface area contributed by atoms with Crippen LogP contribution in [0.2, 0.25) is 0 Å². The zero-order valence-corrected chi connectivity index (χ0v) is 10.5. The minimum atomic E-state index is 0.00880. The first-order valence-electron chi connectivity index (χ1n) is 6.76. The Hall–Kier alpha value is -0.120. The largest absolute Gasteiger partial charge is 0.381 e. The molecule has 0 spiro atoms. The van der Waals surface area contributed by atoms with Crippen LogP contribution in [0.4, 0.5) is 0 Å². The predicted molar refractivity (Wildman–Crippen MR) is 66.3 cm³/mol. The van der Waals surface area contributed by atoms with E-state index in [-0.39, 0.29) is 5.54 Å². The lowest BCUT2D eigenvalue weighted by Crippen LogP contribution is -2.48. The van der Waals surface area contributed by atoms with Gasteiger partial charge in [0.1, 0.15) is 0 Å². The maximum atomic E-state index is 6.22. The van der Waals surface area contributed by atoms with E-state index in [2.05, 4.69) is 12.2 Å². The van der Waals surface area contributed by atoms with E-state index in [1.54, 1.807) is 0 Å². The van der Waals surface area contributed by atoms with Crippen LogP contribution in [-0.4, -0.2) is 31.8 Å². The quantitative estimate of drug-likeness (QED) is 0.586. The Labute approximate surface area is 99.1 Å². The Morgan fingerprint density at radius 3 is 2.69 bits per heavy atom. The maximum Gasteiger partial charge on any atom is 0.0494 e. The minimum absolute atomic E-state index is 0.00880. The number of hydrogen-bond acceptors (Lipinski definition) is 3. The summed E-state index contributed by atoms with van der Waals surface area (Å²) in [4.78, 5) is 0. The first-order chi connectivity index (χ1) is 7.68. The number of nitrogens with two attached hydrogens (primary N) is 1. The molecule has 0 heterocycles. The minimum Gasteiger partial charge on any atom is -0.381 e. The number of hydrogen-bond donors (Lipinski definition) is 2. The fourth-order valence-corrected chi connectivity index (χ4v) is 2.08. The third kappa shape index (κ3) is 4.40. The summed E-state index contributed by atoms with van der Waals surface area (Å²) in [6, 6.07) is 0. The molecule has 0 amide bonds. The predicted octanol–water partition coefficient (Wildman–Crippen LogP) is 1.52. The average Bonchev–Trinajstić information content (AvgIpc) is 3.08. The zero-order valence-electron chi connectivity index (χ0n) is 10.5. The Bertz CT molecular complexity index is 210. The molecule has 0 aromatic rings. The second kappa shape index (κ2) is 5.48. The number of nitrogens with one attached hydrogen (secondary N) is 1. The van der Waals surface area contributed by atoms with Crippen molar-refractivity contribution in [1.29, 1.82) is 0 Å². The van der Waals surface area contributed by atoms with E-state index in [0.717, 1.165) is 44.6 Å². The highest BCUT2D eigenvalue weighted by Gasteiger charge is 2.37. The summed E-state index contributed by atoms with van der Waals surface area (Å²) in [5, 5.41) is 3.45. The molecule has 0 saturated heterocycles. The summed E-state index contributed by atoms with van der Waals surface area (Å²) in [7, 11) is 0. The van der Waals surface area contributed by atoms with Crippen LogP contribution >= 0.6 is 0 Å². The van der Waals surface area contributed by atoms with Gasteiger partial charge in [-0.25, -0.2) is 0 Å². The van der Waals surface area contributed by atoms with Crippen LogP contribution in [0.15, 0.2) is 0 Å². The van der Waals surface area contributed by atoms with Crippen LogP contribution < -0.4 is 11.1 Å².